The van der Waals surface area contributed by atoms with E-state index in [-0.39, 0.29) is 24.0 Å². The van der Waals surface area contributed by atoms with Gasteiger partial charge in [-0.15, -0.1) is 0 Å². The highest BCUT2D eigenvalue weighted by molar-refractivity contribution is 6.30. The Hall–Kier alpha value is -2.22. The van der Waals surface area contributed by atoms with Gasteiger partial charge in [0.1, 0.15) is 0 Å². The maximum atomic E-state index is 12.1. The number of likely N-dealkylation sites (tertiary alicyclic amines) is 1. The molecule has 0 saturated carbocycles. The van der Waals surface area contributed by atoms with Crippen molar-refractivity contribution in [2.75, 3.05) is 13.1 Å². The predicted molar refractivity (Wildman–Crippen MR) is 102 cm³/mol. The number of aliphatic hydroxyl groups excluding tert-OH is 1. The third kappa shape index (κ3) is 4.74. The number of aromatic nitrogens is 2. The molecule has 0 aliphatic carbocycles. The lowest BCUT2D eigenvalue weighted by Crippen LogP contribution is -2.50. The number of primary amides is 1. The second-order valence-electron chi connectivity index (χ2n) is 6.87. The van der Waals surface area contributed by atoms with Crippen LogP contribution in [0.1, 0.15) is 35.6 Å². The first-order valence-corrected chi connectivity index (χ1v) is 9.32. The molecule has 4 N–H and O–H groups in total. The van der Waals surface area contributed by atoms with Gasteiger partial charge in [0, 0.05) is 36.6 Å². The molecule has 1 aliphatic heterocycles. The number of halogens is 1. The van der Waals surface area contributed by atoms with Crippen molar-refractivity contribution in [3.05, 3.63) is 62.8 Å². The average Bonchev–Trinajstić information content (AvgIpc) is 2.67. The molecule has 2 aromatic heterocycles. The highest BCUT2D eigenvalue weighted by atomic mass is 35.5. The van der Waals surface area contributed by atoms with Gasteiger partial charge in [0.25, 0.3) is 5.56 Å². The molecular formula is C19H23ClN4O3. The number of pyridine rings is 2. The average molecular weight is 391 g/mol. The lowest BCUT2D eigenvalue weighted by Gasteiger charge is -2.37. The SMILES string of the molecule is NC(=O)C(Cc1ccc(Cl)cn1)N1CCCC(c2c[nH]c(=O)c(CO)c2)C1. The minimum Gasteiger partial charge on any atom is -0.391 e. The first kappa shape index (κ1) is 19.5. The Labute approximate surface area is 162 Å². The van der Waals surface area contributed by atoms with Crippen molar-refractivity contribution in [1.82, 2.24) is 14.9 Å². The van der Waals surface area contributed by atoms with E-state index in [1.54, 1.807) is 30.6 Å². The molecule has 2 unspecified atom stereocenters. The summed E-state index contributed by atoms with van der Waals surface area (Å²) in [5.41, 5.74) is 7.46. The second kappa shape index (κ2) is 8.65. The van der Waals surface area contributed by atoms with Crippen LogP contribution in [0.2, 0.25) is 5.02 Å². The predicted octanol–water partition coefficient (Wildman–Crippen LogP) is 1.19. The van der Waals surface area contributed by atoms with Gasteiger partial charge in [-0.1, -0.05) is 11.6 Å². The number of nitrogens with two attached hydrogens (primary N) is 1. The molecule has 1 aliphatic rings. The molecule has 1 fully saturated rings. The van der Waals surface area contributed by atoms with Crippen molar-refractivity contribution in [3.8, 4) is 0 Å². The number of hydrogen-bond donors (Lipinski definition) is 3. The molecule has 0 spiro atoms. The summed E-state index contributed by atoms with van der Waals surface area (Å²) in [5.74, 6) is -0.231. The minimum atomic E-state index is -0.457. The Balaban J connectivity index is 1.77. The van der Waals surface area contributed by atoms with E-state index < -0.39 is 6.04 Å². The number of rotatable bonds is 6. The summed E-state index contributed by atoms with van der Waals surface area (Å²) in [7, 11) is 0. The van der Waals surface area contributed by atoms with Crippen LogP contribution in [0.25, 0.3) is 0 Å². The summed E-state index contributed by atoms with van der Waals surface area (Å²) in [5, 5.41) is 9.88. The van der Waals surface area contributed by atoms with E-state index in [0.29, 0.717) is 23.6 Å². The van der Waals surface area contributed by atoms with Gasteiger partial charge in [-0.25, -0.2) is 0 Å². The second-order valence-corrected chi connectivity index (χ2v) is 7.31. The van der Waals surface area contributed by atoms with Crippen molar-refractivity contribution < 1.29 is 9.90 Å². The molecule has 144 valence electrons. The highest BCUT2D eigenvalue weighted by Crippen LogP contribution is 2.28. The fraction of sp³-hybridized carbons (Fsp3) is 0.421. The number of aliphatic hydroxyl groups is 1. The first-order valence-electron chi connectivity index (χ1n) is 8.94. The van der Waals surface area contributed by atoms with E-state index in [1.165, 1.54) is 0 Å². The van der Waals surface area contributed by atoms with Crippen LogP contribution >= 0.6 is 11.6 Å². The van der Waals surface area contributed by atoms with E-state index in [2.05, 4.69) is 14.9 Å². The molecule has 2 aromatic rings. The Morgan fingerprint density at radius 3 is 2.96 bits per heavy atom. The zero-order valence-electron chi connectivity index (χ0n) is 14.9. The van der Waals surface area contributed by atoms with Crippen molar-refractivity contribution in [2.45, 2.75) is 37.8 Å². The van der Waals surface area contributed by atoms with Gasteiger partial charge in [0.05, 0.1) is 17.7 Å². The molecule has 27 heavy (non-hydrogen) atoms. The van der Waals surface area contributed by atoms with Crippen LogP contribution in [0.4, 0.5) is 0 Å². The number of carbonyl (C=O) groups is 1. The highest BCUT2D eigenvalue weighted by Gasteiger charge is 2.30. The zero-order chi connectivity index (χ0) is 19.4. The summed E-state index contributed by atoms with van der Waals surface area (Å²) < 4.78 is 0. The van der Waals surface area contributed by atoms with Gasteiger partial charge >= 0.3 is 0 Å². The molecule has 1 saturated heterocycles. The molecule has 0 aromatic carbocycles. The summed E-state index contributed by atoms with van der Waals surface area (Å²) in [6.45, 7) is 1.12. The van der Waals surface area contributed by atoms with Gasteiger partial charge in [-0.05, 0) is 49.1 Å². The number of aromatic amines is 1. The lowest BCUT2D eigenvalue weighted by atomic mass is 9.89. The Morgan fingerprint density at radius 2 is 2.30 bits per heavy atom. The topological polar surface area (TPSA) is 112 Å². The number of nitrogens with zero attached hydrogens (tertiary/aromatic N) is 2. The molecule has 8 heteroatoms. The number of amides is 1. The normalized spacial score (nSPS) is 19.0. The van der Waals surface area contributed by atoms with Crippen LogP contribution in [0, 0.1) is 0 Å². The molecule has 0 bridgehead atoms. The molecule has 7 nitrogen and oxygen atoms in total. The number of nitrogens with one attached hydrogen (secondary N) is 1. The van der Waals surface area contributed by atoms with Crippen LogP contribution in [0.15, 0.2) is 35.4 Å². The Bertz CT molecular complexity index is 853. The van der Waals surface area contributed by atoms with E-state index >= 15 is 0 Å². The third-order valence-corrected chi connectivity index (χ3v) is 5.28. The summed E-state index contributed by atoms with van der Waals surface area (Å²) in [4.78, 5) is 32.8. The van der Waals surface area contributed by atoms with E-state index in [9.17, 15) is 14.7 Å². The maximum absolute atomic E-state index is 12.1. The molecule has 0 radical (unpaired) electrons. The van der Waals surface area contributed by atoms with E-state index in [0.717, 1.165) is 30.6 Å². The maximum Gasteiger partial charge on any atom is 0.253 e. The minimum absolute atomic E-state index is 0.154. The lowest BCUT2D eigenvalue weighted by molar-refractivity contribution is -0.123. The summed E-state index contributed by atoms with van der Waals surface area (Å²) in [6.07, 6.45) is 5.53. The first-order chi connectivity index (χ1) is 13.0. The Morgan fingerprint density at radius 1 is 1.48 bits per heavy atom. The number of carbonyl (C=O) groups excluding carboxylic acids is 1. The summed E-state index contributed by atoms with van der Waals surface area (Å²) in [6, 6.07) is 4.83. The van der Waals surface area contributed by atoms with Gasteiger partial charge in [-0.3, -0.25) is 19.5 Å². The van der Waals surface area contributed by atoms with Crippen molar-refractivity contribution in [2.24, 2.45) is 5.73 Å². The van der Waals surface area contributed by atoms with E-state index in [4.69, 9.17) is 17.3 Å². The fourth-order valence-corrected chi connectivity index (χ4v) is 3.71. The number of piperidine rings is 1. The third-order valence-electron chi connectivity index (χ3n) is 5.06. The van der Waals surface area contributed by atoms with Crippen LogP contribution in [-0.4, -0.2) is 45.0 Å². The van der Waals surface area contributed by atoms with Crippen LogP contribution in [-0.2, 0) is 17.8 Å². The van der Waals surface area contributed by atoms with Crippen LogP contribution < -0.4 is 11.3 Å². The quantitative estimate of drug-likeness (QED) is 0.685. The van der Waals surface area contributed by atoms with Gasteiger partial charge in [-0.2, -0.15) is 0 Å². The van der Waals surface area contributed by atoms with Crippen LogP contribution in [0.5, 0.6) is 0 Å². The van der Waals surface area contributed by atoms with Crippen molar-refractivity contribution >= 4 is 17.5 Å². The largest absolute Gasteiger partial charge is 0.391 e. The van der Waals surface area contributed by atoms with Crippen LogP contribution in [0.3, 0.4) is 0 Å². The molecule has 3 heterocycles. The molecular weight excluding hydrogens is 368 g/mol. The van der Waals surface area contributed by atoms with Crippen molar-refractivity contribution in [1.29, 1.82) is 0 Å². The van der Waals surface area contributed by atoms with Gasteiger partial charge < -0.3 is 15.8 Å². The number of H-pyrrole nitrogens is 1. The Kier molecular flexibility index (Phi) is 6.26. The number of hydrogen-bond acceptors (Lipinski definition) is 5. The van der Waals surface area contributed by atoms with E-state index in [1.807, 2.05) is 0 Å². The van der Waals surface area contributed by atoms with Gasteiger partial charge in [0.15, 0.2) is 0 Å². The zero-order valence-corrected chi connectivity index (χ0v) is 15.7. The van der Waals surface area contributed by atoms with Gasteiger partial charge in [0.2, 0.25) is 5.91 Å². The smallest absolute Gasteiger partial charge is 0.253 e. The fourth-order valence-electron chi connectivity index (χ4n) is 3.60. The standard InChI is InChI=1S/C19H23ClN4O3/c20-15-3-4-16(22-9-15)7-17(18(21)26)24-5-1-2-12(10-24)13-6-14(11-25)19(27)23-8-13/h3-4,6,8-9,12,17,25H,1-2,5,7,10-11H2,(H2,21,26)(H,23,27). The molecule has 3 rings (SSSR count). The van der Waals surface area contributed by atoms with Crippen molar-refractivity contribution in [3.63, 3.8) is 0 Å². The molecule has 2 atom stereocenters. The molecule has 1 amide bonds. The summed E-state index contributed by atoms with van der Waals surface area (Å²) >= 11 is 5.87. The monoisotopic (exact) mass is 390 g/mol.